The largest absolute Gasteiger partial charge is 0.381 e. The van der Waals surface area contributed by atoms with Crippen molar-refractivity contribution < 1.29 is 9.53 Å². The summed E-state index contributed by atoms with van der Waals surface area (Å²) in [7, 11) is 0. The zero-order valence-electron chi connectivity index (χ0n) is 18.7. The Bertz CT molecular complexity index is 720. The number of carbonyl (C=O) groups excluding carboxylic acids is 1. The lowest BCUT2D eigenvalue weighted by Crippen LogP contribution is -2.48. The average molecular weight is 416 g/mol. The molecule has 1 amide bonds. The van der Waals surface area contributed by atoms with Gasteiger partial charge >= 0.3 is 0 Å². The average Bonchev–Trinajstić information content (AvgIpc) is 3.47. The summed E-state index contributed by atoms with van der Waals surface area (Å²) in [6, 6.07) is 1.87. The predicted octanol–water partition coefficient (Wildman–Crippen LogP) is 2.82. The van der Waals surface area contributed by atoms with E-state index >= 15 is 0 Å². The van der Waals surface area contributed by atoms with Crippen LogP contribution in [0.1, 0.15) is 74.5 Å². The van der Waals surface area contributed by atoms with Crippen LogP contribution in [-0.4, -0.2) is 73.3 Å². The number of nitrogens with zero attached hydrogens (tertiary/aromatic N) is 4. The fourth-order valence-corrected chi connectivity index (χ4v) is 4.89. The Morgan fingerprint density at radius 1 is 1.10 bits per heavy atom. The molecule has 0 saturated carbocycles. The van der Waals surface area contributed by atoms with Crippen molar-refractivity contribution in [3.63, 3.8) is 0 Å². The van der Waals surface area contributed by atoms with Crippen molar-refractivity contribution in [2.45, 2.75) is 58.3 Å². The molecule has 1 N–H and O–H groups in total. The van der Waals surface area contributed by atoms with Gasteiger partial charge in [0.1, 0.15) is 5.69 Å². The van der Waals surface area contributed by atoms with Crippen LogP contribution >= 0.6 is 0 Å². The van der Waals surface area contributed by atoms with E-state index < -0.39 is 0 Å². The molecule has 3 aliphatic heterocycles. The molecule has 1 aromatic heterocycles. The second-order valence-electron chi connectivity index (χ2n) is 9.61. The third-order valence-corrected chi connectivity index (χ3v) is 6.88. The van der Waals surface area contributed by atoms with Crippen LogP contribution in [0.2, 0.25) is 0 Å². The van der Waals surface area contributed by atoms with Gasteiger partial charge in [0.2, 0.25) is 5.95 Å². The molecule has 0 spiro atoms. The van der Waals surface area contributed by atoms with Gasteiger partial charge in [0.25, 0.3) is 5.91 Å². The molecule has 3 aliphatic rings. The zero-order valence-corrected chi connectivity index (χ0v) is 18.7. The number of ether oxygens (including phenoxy) is 1. The molecule has 0 aliphatic carbocycles. The summed E-state index contributed by atoms with van der Waals surface area (Å²) in [4.78, 5) is 27.3. The molecule has 0 atom stereocenters. The molecule has 30 heavy (non-hydrogen) atoms. The summed E-state index contributed by atoms with van der Waals surface area (Å²) >= 11 is 0. The van der Waals surface area contributed by atoms with Gasteiger partial charge < -0.3 is 19.9 Å². The SMILES string of the molecule is CC(C)c1cc(C(=O)NCC2(CN3CCCC3)CCOCC2)nc(N2CCCC2)n1. The Hall–Kier alpha value is -1.73. The van der Waals surface area contributed by atoms with Gasteiger partial charge in [-0.15, -0.1) is 0 Å². The lowest BCUT2D eigenvalue weighted by atomic mass is 9.79. The first-order valence-corrected chi connectivity index (χ1v) is 11.8. The lowest BCUT2D eigenvalue weighted by Gasteiger charge is -2.40. The highest BCUT2D eigenvalue weighted by Gasteiger charge is 2.35. The summed E-state index contributed by atoms with van der Waals surface area (Å²) < 4.78 is 5.64. The van der Waals surface area contributed by atoms with Crippen LogP contribution in [0.4, 0.5) is 5.95 Å². The summed E-state index contributed by atoms with van der Waals surface area (Å²) in [6.45, 7) is 11.8. The van der Waals surface area contributed by atoms with Crippen LogP contribution in [0.25, 0.3) is 0 Å². The van der Waals surface area contributed by atoms with Gasteiger partial charge in [-0.2, -0.15) is 0 Å². The third-order valence-electron chi connectivity index (χ3n) is 6.88. The van der Waals surface area contributed by atoms with Crippen LogP contribution in [0.3, 0.4) is 0 Å². The summed E-state index contributed by atoms with van der Waals surface area (Å²) in [6.07, 6.45) is 6.91. The van der Waals surface area contributed by atoms with E-state index in [1.54, 1.807) is 0 Å². The van der Waals surface area contributed by atoms with Crippen molar-refractivity contribution in [3.05, 3.63) is 17.5 Å². The molecule has 7 heteroatoms. The van der Waals surface area contributed by atoms with Crippen LogP contribution in [0.15, 0.2) is 6.07 Å². The minimum absolute atomic E-state index is 0.0768. The molecule has 3 fully saturated rings. The highest BCUT2D eigenvalue weighted by Crippen LogP contribution is 2.32. The molecule has 0 unspecified atom stereocenters. The summed E-state index contributed by atoms with van der Waals surface area (Å²) in [5.74, 6) is 0.895. The molecule has 4 heterocycles. The maximum atomic E-state index is 13.1. The Morgan fingerprint density at radius 3 is 2.43 bits per heavy atom. The van der Waals surface area contributed by atoms with E-state index in [9.17, 15) is 4.79 Å². The summed E-state index contributed by atoms with van der Waals surface area (Å²) in [5.41, 5.74) is 1.54. The minimum Gasteiger partial charge on any atom is -0.381 e. The fraction of sp³-hybridized carbons (Fsp3) is 0.783. The van der Waals surface area contributed by atoms with Crippen molar-refractivity contribution in [1.82, 2.24) is 20.2 Å². The number of anilines is 1. The molecule has 0 aromatic carbocycles. The summed E-state index contributed by atoms with van der Waals surface area (Å²) in [5, 5.41) is 3.24. The monoisotopic (exact) mass is 415 g/mol. The Morgan fingerprint density at radius 2 is 1.77 bits per heavy atom. The third kappa shape index (κ3) is 5.11. The smallest absolute Gasteiger partial charge is 0.270 e. The van der Waals surface area contributed by atoms with Crippen LogP contribution in [0.5, 0.6) is 0 Å². The number of aromatic nitrogens is 2. The fourth-order valence-electron chi connectivity index (χ4n) is 4.89. The first-order chi connectivity index (χ1) is 14.5. The number of carbonyl (C=O) groups is 1. The number of rotatable bonds is 7. The molecule has 1 aromatic rings. The minimum atomic E-state index is -0.0768. The van der Waals surface area contributed by atoms with E-state index in [-0.39, 0.29) is 17.2 Å². The maximum Gasteiger partial charge on any atom is 0.270 e. The van der Waals surface area contributed by atoms with Crippen molar-refractivity contribution in [2.24, 2.45) is 5.41 Å². The first kappa shape index (κ1) is 21.5. The molecule has 4 rings (SSSR count). The van der Waals surface area contributed by atoms with E-state index in [4.69, 9.17) is 9.72 Å². The molecular formula is C23H37N5O2. The van der Waals surface area contributed by atoms with E-state index in [1.807, 2.05) is 6.07 Å². The van der Waals surface area contributed by atoms with Crippen molar-refractivity contribution in [1.29, 1.82) is 0 Å². The van der Waals surface area contributed by atoms with E-state index in [1.165, 1.54) is 25.9 Å². The van der Waals surface area contributed by atoms with Gasteiger partial charge in [-0.1, -0.05) is 13.8 Å². The number of nitrogens with one attached hydrogen (secondary N) is 1. The van der Waals surface area contributed by atoms with E-state index in [0.717, 1.165) is 64.2 Å². The normalized spacial score (nSPS) is 22.0. The molecule has 3 saturated heterocycles. The van der Waals surface area contributed by atoms with Crippen molar-refractivity contribution in [3.8, 4) is 0 Å². The number of amides is 1. The highest BCUT2D eigenvalue weighted by atomic mass is 16.5. The van der Waals surface area contributed by atoms with E-state index in [2.05, 4.69) is 33.9 Å². The number of hydrogen-bond acceptors (Lipinski definition) is 6. The van der Waals surface area contributed by atoms with Gasteiger partial charge in [-0.05, 0) is 63.6 Å². The molecular weight excluding hydrogens is 378 g/mol. The predicted molar refractivity (Wildman–Crippen MR) is 118 cm³/mol. The van der Waals surface area contributed by atoms with Gasteiger partial charge in [0, 0.05) is 50.5 Å². The van der Waals surface area contributed by atoms with Crippen LogP contribution < -0.4 is 10.2 Å². The van der Waals surface area contributed by atoms with Crippen molar-refractivity contribution in [2.75, 3.05) is 57.4 Å². The first-order valence-electron chi connectivity index (χ1n) is 11.8. The van der Waals surface area contributed by atoms with Gasteiger partial charge in [-0.25, -0.2) is 9.97 Å². The second kappa shape index (κ2) is 9.60. The van der Waals surface area contributed by atoms with Gasteiger partial charge in [-0.3, -0.25) is 4.79 Å². The maximum absolute atomic E-state index is 13.1. The lowest BCUT2D eigenvalue weighted by molar-refractivity contribution is -0.000653. The van der Waals surface area contributed by atoms with Gasteiger partial charge in [0.05, 0.1) is 0 Å². The second-order valence-corrected chi connectivity index (χ2v) is 9.61. The zero-order chi connectivity index (χ0) is 21.0. The Balaban J connectivity index is 1.47. The Kier molecular flexibility index (Phi) is 6.88. The quantitative estimate of drug-likeness (QED) is 0.738. The van der Waals surface area contributed by atoms with E-state index in [0.29, 0.717) is 18.2 Å². The molecule has 0 bridgehead atoms. The van der Waals surface area contributed by atoms with Crippen LogP contribution in [-0.2, 0) is 4.74 Å². The Labute approximate surface area is 180 Å². The number of hydrogen-bond donors (Lipinski definition) is 1. The molecule has 7 nitrogen and oxygen atoms in total. The van der Waals surface area contributed by atoms with Gasteiger partial charge in [0.15, 0.2) is 0 Å². The van der Waals surface area contributed by atoms with Crippen LogP contribution in [0, 0.1) is 5.41 Å². The molecule has 0 radical (unpaired) electrons. The topological polar surface area (TPSA) is 70.6 Å². The number of likely N-dealkylation sites (tertiary alicyclic amines) is 1. The standard InChI is InChI=1S/C23H37N5O2/c1-18(2)19-15-20(26-22(25-19)28-11-5-6-12-28)21(29)24-16-23(7-13-30-14-8-23)17-27-9-3-4-10-27/h15,18H,3-14,16-17H2,1-2H3,(H,24,29). The molecule has 166 valence electrons. The van der Waals surface area contributed by atoms with Crippen molar-refractivity contribution >= 4 is 11.9 Å². The highest BCUT2D eigenvalue weighted by molar-refractivity contribution is 5.92.